The summed E-state index contributed by atoms with van der Waals surface area (Å²) in [5.74, 6) is -0.0258. The number of aromatic carboxylic acids is 1. The van der Waals surface area contributed by atoms with Gasteiger partial charge in [-0.2, -0.15) is 0 Å². The summed E-state index contributed by atoms with van der Waals surface area (Å²) < 4.78 is 15.8. The molecule has 18 heavy (non-hydrogen) atoms. The lowest BCUT2D eigenvalue weighted by atomic mass is 10.2. The number of benzene rings is 1. The molecule has 1 N–H and O–H groups in total. The van der Waals surface area contributed by atoms with E-state index in [9.17, 15) is 4.79 Å². The lowest BCUT2D eigenvalue weighted by Crippen LogP contribution is -2.05. The molecule has 0 aliphatic carbocycles. The summed E-state index contributed by atoms with van der Waals surface area (Å²) in [6.07, 6.45) is 0.744. The Hall–Kier alpha value is -1.75. The molecule has 0 fully saturated rings. The average molecular weight is 254 g/mol. The summed E-state index contributed by atoms with van der Waals surface area (Å²) in [5, 5.41) is 8.90. The van der Waals surface area contributed by atoms with E-state index in [0.717, 1.165) is 6.42 Å². The standard InChI is InChI=1S/C13H18O5/c1-3-17-7-4-8-18-12-9-10(13(14)15)5-6-11(12)16-2/h5-6,9H,3-4,7-8H2,1-2H3,(H,14,15). The Morgan fingerprint density at radius 3 is 2.67 bits per heavy atom. The Balaban J connectivity index is 2.61. The summed E-state index contributed by atoms with van der Waals surface area (Å²) >= 11 is 0. The van der Waals surface area contributed by atoms with E-state index in [-0.39, 0.29) is 5.56 Å². The van der Waals surface area contributed by atoms with E-state index in [4.69, 9.17) is 19.3 Å². The summed E-state index contributed by atoms with van der Waals surface area (Å²) in [5.41, 5.74) is 0.176. The van der Waals surface area contributed by atoms with Crippen molar-refractivity contribution in [1.82, 2.24) is 0 Å². The third kappa shape index (κ3) is 4.25. The van der Waals surface area contributed by atoms with Crippen LogP contribution >= 0.6 is 0 Å². The number of ether oxygens (including phenoxy) is 3. The van der Waals surface area contributed by atoms with Crippen LogP contribution in [0.15, 0.2) is 18.2 Å². The molecule has 0 unspecified atom stereocenters. The fourth-order valence-electron chi connectivity index (χ4n) is 1.41. The normalized spacial score (nSPS) is 10.1. The monoisotopic (exact) mass is 254 g/mol. The van der Waals surface area contributed by atoms with Crippen LogP contribution < -0.4 is 9.47 Å². The molecule has 0 atom stereocenters. The Morgan fingerprint density at radius 1 is 1.28 bits per heavy atom. The highest BCUT2D eigenvalue weighted by molar-refractivity contribution is 5.88. The molecule has 0 spiro atoms. The first-order valence-electron chi connectivity index (χ1n) is 5.81. The van der Waals surface area contributed by atoms with Crippen molar-refractivity contribution >= 4 is 5.97 Å². The molecule has 1 rings (SSSR count). The fourth-order valence-corrected chi connectivity index (χ4v) is 1.41. The highest BCUT2D eigenvalue weighted by atomic mass is 16.5. The summed E-state index contributed by atoms with van der Waals surface area (Å²) in [6, 6.07) is 4.53. The Bertz CT molecular complexity index is 389. The molecule has 0 aliphatic rings. The molecule has 0 heterocycles. The molecule has 0 saturated carbocycles. The van der Waals surface area contributed by atoms with Crippen LogP contribution in [0.4, 0.5) is 0 Å². The van der Waals surface area contributed by atoms with Gasteiger partial charge in [0.15, 0.2) is 11.5 Å². The van der Waals surface area contributed by atoms with Crippen molar-refractivity contribution < 1.29 is 24.1 Å². The maximum Gasteiger partial charge on any atom is 0.335 e. The number of hydrogen-bond donors (Lipinski definition) is 1. The third-order valence-electron chi connectivity index (χ3n) is 2.31. The third-order valence-corrected chi connectivity index (χ3v) is 2.31. The quantitative estimate of drug-likeness (QED) is 0.720. The molecule has 0 aromatic heterocycles. The van der Waals surface area contributed by atoms with Crippen molar-refractivity contribution in [2.45, 2.75) is 13.3 Å². The molecule has 0 bridgehead atoms. The van der Waals surface area contributed by atoms with Crippen LogP contribution in [0.2, 0.25) is 0 Å². The van der Waals surface area contributed by atoms with Crippen LogP contribution in [0.3, 0.4) is 0 Å². The Labute approximate surface area is 106 Å². The number of methoxy groups -OCH3 is 1. The van der Waals surface area contributed by atoms with Crippen molar-refractivity contribution in [2.24, 2.45) is 0 Å². The minimum Gasteiger partial charge on any atom is -0.493 e. The van der Waals surface area contributed by atoms with Crippen molar-refractivity contribution in [2.75, 3.05) is 26.9 Å². The van der Waals surface area contributed by atoms with E-state index in [1.165, 1.54) is 19.2 Å². The number of hydrogen-bond acceptors (Lipinski definition) is 4. The van der Waals surface area contributed by atoms with Gasteiger partial charge in [-0.15, -0.1) is 0 Å². The lowest BCUT2D eigenvalue weighted by molar-refractivity contribution is 0.0696. The average Bonchev–Trinajstić information content (AvgIpc) is 2.38. The maximum absolute atomic E-state index is 10.9. The largest absolute Gasteiger partial charge is 0.493 e. The zero-order valence-electron chi connectivity index (χ0n) is 10.6. The van der Waals surface area contributed by atoms with Crippen LogP contribution in [0.5, 0.6) is 11.5 Å². The molecule has 0 saturated heterocycles. The maximum atomic E-state index is 10.9. The van der Waals surface area contributed by atoms with Crippen molar-refractivity contribution in [3.63, 3.8) is 0 Å². The summed E-state index contributed by atoms with van der Waals surface area (Å²) in [6.45, 7) is 3.69. The number of carboxylic acids is 1. The van der Waals surface area contributed by atoms with Crippen LogP contribution in [0.25, 0.3) is 0 Å². The van der Waals surface area contributed by atoms with Gasteiger partial charge in [0, 0.05) is 19.6 Å². The van der Waals surface area contributed by atoms with Gasteiger partial charge in [0.2, 0.25) is 0 Å². The van der Waals surface area contributed by atoms with Gasteiger partial charge in [-0.05, 0) is 25.1 Å². The first-order valence-corrected chi connectivity index (χ1v) is 5.81. The van der Waals surface area contributed by atoms with Gasteiger partial charge in [0.05, 0.1) is 19.3 Å². The summed E-state index contributed by atoms with van der Waals surface area (Å²) in [7, 11) is 1.52. The highest BCUT2D eigenvalue weighted by Crippen LogP contribution is 2.28. The van der Waals surface area contributed by atoms with Gasteiger partial charge in [-0.25, -0.2) is 4.79 Å². The molecule has 0 amide bonds. The fraction of sp³-hybridized carbons (Fsp3) is 0.462. The second kappa shape index (κ2) is 7.55. The van der Waals surface area contributed by atoms with Crippen LogP contribution in [-0.2, 0) is 4.74 Å². The zero-order chi connectivity index (χ0) is 13.4. The van der Waals surface area contributed by atoms with Crippen LogP contribution in [0, 0.1) is 0 Å². The van der Waals surface area contributed by atoms with Gasteiger partial charge in [0.1, 0.15) is 0 Å². The zero-order valence-corrected chi connectivity index (χ0v) is 10.6. The SMILES string of the molecule is CCOCCCOc1cc(C(=O)O)ccc1OC. The van der Waals surface area contributed by atoms with Crippen LogP contribution in [-0.4, -0.2) is 38.0 Å². The predicted molar refractivity (Wildman–Crippen MR) is 66.6 cm³/mol. The first-order chi connectivity index (χ1) is 8.69. The van der Waals surface area contributed by atoms with E-state index >= 15 is 0 Å². The molecule has 5 heteroatoms. The topological polar surface area (TPSA) is 65.0 Å². The summed E-state index contributed by atoms with van der Waals surface area (Å²) in [4.78, 5) is 10.9. The molecular formula is C13H18O5. The predicted octanol–water partition coefficient (Wildman–Crippen LogP) is 2.20. The van der Waals surface area contributed by atoms with Crippen molar-refractivity contribution in [1.29, 1.82) is 0 Å². The molecular weight excluding hydrogens is 236 g/mol. The molecule has 1 aromatic carbocycles. The molecule has 0 radical (unpaired) electrons. The van der Waals surface area contributed by atoms with Gasteiger partial charge in [-0.1, -0.05) is 0 Å². The Morgan fingerprint density at radius 2 is 2.06 bits per heavy atom. The van der Waals surface area contributed by atoms with Crippen LogP contribution in [0.1, 0.15) is 23.7 Å². The van der Waals surface area contributed by atoms with Gasteiger partial charge in [-0.3, -0.25) is 0 Å². The molecule has 1 aromatic rings. The number of rotatable bonds is 8. The smallest absolute Gasteiger partial charge is 0.335 e. The highest BCUT2D eigenvalue weighted by Gasteiger charge is 2.09. The first kappa shape index (κ1) is 14.3. The Kier molecular flexibility index (Phi) is 6.00. The van der Waals surface area contributed by atoms with Gasteiger partial charge in [0.25, 0.3) is 0 Å². The second-order valence-corrected chi connectivity index (χ2v) is 3.57. The number of carbonyl (C=O) groups is 1. The van der Waals surface area contributed by atoms with E-state index in [2.05, 4.69) is 0 Å². The lowest BCUT2D eigenvalue weighted by Gasteiger charge is -2.11. The van der Waals surface area contributed by atoms with Crippen molar-refractivity contribution in [3.05, 3.63) is 23.8 Å². The number of carboxylic acid groups (broad SMARTS) is 1. The molecule has 100 valence electrons. The minimum absolute atomic E-state index is 0.176. The van der Waals surface area contributed by atoms with E-state index in [1.54, 1.807) is 6.07 Å². The van der Waals surface area contributed by atoms with Gasteiger partial charge >= 0.3 is 5.97 Å². The second-order valence-electron chi connectivity index (χ2n) is 3.57. The minimum atomic E-state index is -0.989. The van der Waals surface area contributed by atoms with Gasteiger partial charge < -0.3 is 19.3 Å². The van der Waals surface area contributed by atoms with E-state index in [0.29, 0.717) is 31.3 Å². The van der Waals surface area contributed by atoms with E-state index in [1.807, 2.05) is 6.92 Å². The molecule has 5 nitrogen and oxygen atoms in total. The molecule has 0 aliphatic heterocycles. The van der Waals surface area contributed by atoms with E-state index < -0.39 is 5.97 Å². The van der Waals surface area contributed by atoms with Crippen molar-refractivity contribution in [3.8, 4) is 11.5 Å².